The number of fused-ring (bicyclic) bond motifs is 1. The molecule has 7 nitrogen and oxygen atoms in total. The summed E-state index contributed by atoms with van der Waals surface area (Å²) in [6, 6.07) is 18.3. The molecule has 8 heteroatoms. The van der Waals surface area contributed by atoms with Crippen LogP contribution >= 0.6 is 0 Å². The highest BCUT2D eigenvalue weighted by Gasteiger charge is 2.27. The lowest BCUT2D eigenvalue weighted by molar-refractivity contribution is -0.385. The second kappa shape index (κ2) is 6.50. The van der Waals surface area contributed by atoms with Crippen LogP contribution in [0.2, 0.25) is 0 Å². The van der Waals surface area contributed by atoms with Gasteiger partial charge in [-0.1, -0.05) is 36.4 Å². The van der Waals surface area contributed by atoms with E-state index in [0.29, 0.717) is 22.0 Å². The Hall–Kier alpha value is -3.65. The van der Waals surface area contributed by atoms with Crippen molar-refractivity contribution in [2.75, 3.05) is 0 Å². The Morgan fingerprint density at radius 2 is 1.68 bits per heavy atom. The number of nitrogens with zero attached hydrogens (tertiary/aromatic N) is 1. The number of benzene rings is 3. The fourth-order valence-corrected chi connectivity index (χ4v) is 4.64. The molecule has 0 saturated carbocycles. The van der Waals surface area contributed by atoms with E-state index in [9.17, 15) is 23.6 Å². The lowest BCUT2D eigenvalue weighted by Gasteiger charge is -2.07. The van der Waals surface area contributed by atoms with E-state index in [1.807, 2.05) is 6.07 Å². The molecule has 0 aliphatic heterocycles. The fourth-order valence-electron chi connectivity index (χ4n) is 3.13. The van der Waals surface area contributed by atoms with Gasteiger partial charge in [0.15, 0.2) is 0 Å². The van der Waals surface area contributed by atoms with Crippen molar-refractivity contribution in [2.24, 2.45) is 0 Å². The van der Waals surface area contributed by atoms with E-state index in [1.165, 1.54) is 30.3 Å². The van der Waals surface area contributed by atoms with Crippen molar-refractivity contribution in [2.45, 2.75) is 9.92 Å². The number of nitro benzene ring substituents is 1. The summed E-state index contributed by atoms with van der Waals surface area (Å²) in [6.45, 7) is 0. The molecular formula is C20H14N2O5S. The van der Waals surface area contributed by atoms with Crippen molar-refractivity contribution >= 4 is 26.4 Å². The molecule has 1 aromatic heterocycles. The Balaban J connectivity index is 2.03. The van der Waals surface area contributed by atoms with Crippen LogP contribution in [0.15, 0.2) is 82.7 Å². The van der Waals surface area contributed by atoms with Gasteiger partial charge in [-0.2, -0.15) is 0 Å². The Morgan fingerprint density at radius 1 is 0.929 bits per heavy atom. The number of rotatable bonds is 4. The minimum absolute atomic E-state index is 0.00276. The third kappa shape index (κ3) is 2.89. The van der Waals surface area contributed by atoms with Crippen LogP contribution in [0.5, 0.6) is 5.75 Å². The highest BCUT2D eigenvalue weighted by Crippen LogP contribution is 2.39. The minimum atomic E-state index is -4.09. The molecule has 0 saturated heterocycles. The van der Waals surface area contributed by atoms with Crippen LogP contribution in [0, 0.1) is 10.1 Å². The van der Waals surface area contributed by atoms with Gasteiger partial charge in [-0.15, -0.1) is 0 Å². The highest BCUT2D eigenvalue weighted by atomic mass is 32.2. The minimum Gasteiger partial charge on any atom is -0.508 e. The average molecular weight is 394 g/mol. The number of aromatic hydroxyl groups is 1. The lowest BCUT2D eigenvalue weighted by atomic mass is 10.0. The van der Waals surface area contributed by atoms with Gasteiger partial charge in [0.25, 0.3) is 5.69 Å². The maximum Gasteiger partial charge on any atom is 0.270 e. The van der Waals surface area contributed by atoms with E-state index in [2.05, 4.69) is 4.98 Å². The number of H-pyrrole nitrogens is 1. The zero-order valence-electron chi connectivity index (χ0n) is 14.4. The van der Waals surface area contributed by atoms with E-state index in [-0.39, 0.29) is 21.4 Å². The Labute approximate surface area is 160 Å². The van der Waals surface area contributed by atoms with Gasteiger partial charge in [0.05, 0.1) is 9.82 Å². The van der Waals surface area contributed by atoms with Crippen LogP contribution in [-0.2, 0) is 9.84 Å². The summed E-state index contributed by atoms with van der Waals surface area (Å²) in [5.74, 6) is 0.00276. The lowest BCUT2D eigenvalue weighted by Crippen LogP contribution is -2.04. The third-order valence-electron chi connectivity index (χ3n) is 4.42. The van der Waals surface area contributed by atoms with Crippen LogP contribution in [0.4, 0.5) is 5.69 Å². The number of phenolic OH excluding ortho intramolecular Hbond substituents is 1. The van der Waals surface area contributed by atoms with Crippen LogP contribution in [0.25, 0.3) is 22.0 Å². The van der Waals surface area contributed by atoms with Gasteiger partial charge in [-0.25, -0.2) is 8.42 Å². The van der Waals surface area contributed by atoms with Crippen molar-refractivity contribution in [3.63, 3.8) is 0 Å². The molecule has 0 atom stereocenters. The number of nitro groups is 1. The van der Waals surface area contributed by atoms with Crippen LogP contribution in [-0.4, -0.2) is 23.4 Å². The molecule has 4 aromatic rings. The van der Waals surface area contributed by atoms with Crippen molar-refractivity contribution in [3.05, 3.63) is 82.9 Å². The Morgan fingerprint density at radius 3 is 2.39 bits per heavy atom. The number of phenols is 1. The maximum atomic E-state index is 13.3. The topological polar surface area (TPSA) is 113 Å². The summed E-state index contributed by atoms with van der Waals surface area (Å²) in [7, 11) is -4.09. The zero-order chi connectivity index (χ0) is 19.9. The third-order valence-corrected chi connectivity index (χ3v) is 6.14. The molecule has 0 aliphatic rings. The fraction of sp³-hybridized carbons (Fsp3) is 0. The molecule has 140 valence electrons. The molecule has 0 amide bonds. The molecule has 1 heterocycles. The molecule has 4 rings (SSSR count). The van der Waals surface area contributed by atoms with Gasteiger partial charge >= 0.3 is 0 Å². The standard InChI is InChI=1S/C20H14N2O5S/c23-15-9-10-18-17(12-15)19(13-5-2-1-3-6-13)20(21-18)28(26,27)16-8-4-7-14(11-16)22(24)25/h1-12,21,23H. The predicted octanol–water partition coefficient (Wildman–Crippen LogP) is 4.28. The zero-order valence-corrected chi connectivity index (χ0v) is 15.2. The first-order valence-corrected chi connectivity index (χ1v) is 9.76. The largest absolute Gasteiger partial charge is 0.508 e. The van der Waals surface area contributed by atoms with Gasteiger partial charge in [-0.3, -0.25) is 10.1 Å². The number of non-ortho nitro benzene ring substituents is 1. The van der Waals surface area contributed by atoms with Gasteiger partial charge in [0.1, 0.15) is 10.8 Å². The normalized spacial score (nSPS) is 11.6. The Kier molecular flexibility index (Phi) is 4.12. The first kappa shape index (κ1) is 17.7. The van der Waals surface area contributed by atoms with E-state index >= 15 is 0 Å². The Bertz CT molecular complexity index is 1310. The van der Waals surface area contributed by atoms with E-state index in [4.69, 9.17) is 0 Å². The van der Waals surface area contributed by atoms with Crippen molar-refractivity contribution in [1.29, 1.82) is 0 Å². The first-order valence-electron chi connectivity index (χ1n) is 8.27. The first-order chi connectivity index (χ1) is 13.4. The summed E-state index contributed by atoms with van der Waals surface area (Å²) in [5.41, 5.74) is 1.26. The smallest absolute Gasteiger partial charge is 0.270 e. The van der Waals surface area contributed by atoms with Gasteiger partial charge in [0, 0.05) is 28.6 Å². The second-order valence-corrected chi connectivity index (χ2v) is 8.07. The van der Waals surface area contributed by atoms with Gasteiger partial charge in [-0.05, 0) is 29.8 Å². The van der Waals surface area contributed by atoms with Crippen molar-refractivity contribution in [1.82, 2.24) is 4.98 Å². The van der Waals surface area contributed by atoms with Crippen LogP contribution < -0.4 is 0 Å². The number of nitrogens with one attached hydrogen (secondary N) is 1. The van der Waals surface area contributed by atoms with Crippen LogP contribution in [0.1, 0.15) is 0 Å². The molecule has 0 unspecified atom stereocenters. The number of sulfone groups is 1. The number of hydrogen-bond acceptors (Lipinski definition) is 5. The molecule has 2 N–H and O–H groups in total. The van der Waals surface area contributed by atoms with Crippen LogP contribution in [0.3, 0.4) is 0 Å². The molecule has 0 radical (unpaired) electrons. The monoisotopic (exact) mass is 394 g/mol. The van der Waals surface area contributed by atoms with E-state index < -0.39 is 14.8 Å². The number of hydrogen-bond donors (Lipinski definition) is 2. The van der Waals surface area contributed by atoms with E-state index in [0.717, 1.165) is 6.07 Å². The molecule has 0 spiro atoms. The van der Waals surface area contributed by atoms with E-state index in [1.54, 1.807) is 30.3 Å². The molecule has 0 aliphatic carbocycles. The molecule has 3 aromatic carbocycles. The predicted molar refractivity (Wildman–Crippen MR) is 104 cm³/mol. The highest BCUT2D eigenvalue weighted by molar-refractivity contribution is 7.91. The average Bonchev–Trinajstić information content (AvgIpc) is 3.08. The summed E-state index contributed by atoms with van der Waals surface area (Å²) >= 11 is 0. The molecular weight excluding hydrogens is 380 g/mol. The van der Waals surface area contributed by atoms with Gasteiger partial charge < -0.3 is 10.1 Å². The maximum absolute atomic E-state index is 13.3. The molecule has 0 fully saturated rings. The molecule has 28 heavy (non-hydrogen) atoms. The quantitative estimate of drug-likeness (QED) is 0.396. The SMILES string of the molecule is O=[N+]([O-])c1cccc(S(=O)(=O)c2[nH]c3ccc(O)cc3c2-c2ccccc2)c1. The number of aromatic nitrogens is 1. The second-order valence-electron chi connectivity index (χ2n) is 6.18. The summed E-state index contributed by atoms with van der Waals surface area (Å²) in [5, 5.41) is 21.4. The number of aromatic amines is 1. The van der Waals surface area contributed by atoms with Crippen molar-refractivity contribution < 1.29 is 18.4 Å². The van der Waals surface area contributed by atoms with Crippen molar-refractivity contribution in [3.8, 4) is 16.9 Å². The summed E-state index contributed by atoms with van der Waals surface area (Å²) in [4.78, 5) is 13.1. The summed E-state index contributed by atoms with van der Waals surface area (Å²) in [6.07, 6.45) is 0. The molecule has 0 bridgehead atoms. The van der Waals surface area contributed by atoms with Gasteiger partial charge in [0.2, 0.25) is 9.84 Å². The summed E-state index contributed by atoms with van der Waals surface area (Å²) < 4.78 is 26.7.